The smallest absolute Gasteiger partial charge is 0.175 e. The molecule has 19 heavy (non-hydrogen) atoms. The van der Waals surface area contributed by atoms with E-state index < -0.39 is 9.84 Å². The molecule has 0 fully saturated rings. The molecule has 0 spiro atoms. The van der Waals surface area contributed by atoms with E-state index in [-0.39, 0.29) is 10.6 Å². The number of phenolic OH excluding ortho intramolecular Hbond substituents is 1. The first-order chi connectivity index (χ1) is 8.91. The Morgan fingerprint density at radius 3 is 2.32 bits per heavy atom. The van der Waals surface area contributed by atoms with Gasteiger partial charge < -0.3 is 9.84 Å². The van der Waals surface area contributed by atoms with Crippen molar-refractivity contribution in [2.45, 2.75) is 4.90 Å². The Balaban J connectivity index is 2.51. The van der Waals surface area contributed by atoms with Gasteiger partial charge in [0.1, 0.15) is 0 Å². The van der Waals surface area contributed by atoms with Crippen LogP contribution < -0.4 is 4.74 Å². The Morgan fingerprint density at radius 1 is 1.05 bits per heavy atom. The molecular formula is C14H14O4S. The molecule has 2 rings (SSSR count). The number of sulfone groups is 1. The molecule has 100 valence electrons. The van der Waals surface area contributed by atoms with Gasteiger partial charge in [-0.1, -0.05) is 18.2 Å². The predicted molar refractivity (Wildman–Crippen MR) is 73.2 cm³/mol. The molecule has 0 atom stereocenters. The van der Waals surface area contributed by atoms with Gasteiger partial charge in [-0.05, 0) is 35.4 Å². The number of rotatable bonds is 3. The summed E-state index contributed by atoms with van der Waals surface area (Å²) in [6.45, 7) is 0. The van der Waals surface area contributed by atoms with Crippen molar-refractivity contribution >= 4 is 9.84 Å². The first-order valence-electron chi connectivity index (χ1n) is 5.59. The van der Waals surface area contributed by atoms with Crippen LogP contribution in [-0.4, -0.2) is 26.9 Å². The van der Waals surface area contributed by atoms with Gasteiger partial charge in [-0.3, -0.25) is 0 Å². The lowest BCUT2D eigenvalue weighted by atomic mass is 10.1. The third-order valence-corrected chi connectivity index (χ3v) is 3.88. The molecule has 1 N–H and O–H groups in total. The summed E-state index contributed by atoms with van der Waals surface area (Å²) in [6, 6.07) is 11.5. The molecule has 0 aromatic heterocycles. The zero-order valence-corrected chi connectivity index (χ0v) is 11.4. The Kier molecular flexibility index (Phi) is 3.48. The number of aromatic hydroxyl groups is 1. The second-order valence-electron chi connectivity index (χ2n) is 4.19. The third kappa shape index (κ3) is 2.88. The van der Waals surface area contributed by atoms with E-state index in [2.05, 4.69) is 0 Å². The third-order valence-electron chi connectivity index (χ3n) is 2.77. The lowest BCUT2D eigenvalue weighted by Crippen LogP contribution is -1.96. The predicted octanol–water partition coefficient (Wildman–Crippen LogP) is 2.47. The largest absolute Gasteiger partial charge is 0.504 e. The van der Waals surface area contributed by atoms with Crippen LogP contribution in [0.3, 0.4) is 0 Å². The molecule has 0 aliphatic carbocycles. The number of benzene rings is 2. The Morgan fingerprint density at radius 2 is 1.74 bits per heavy atom. The average molecular weight is 278 g/mol. The number of hydrogen-bond donors (Lipinski definition) is 1. The second-order valence-corrected chi connectivity index (χ2v) is 6.20. The quantitative estimate of drug-likeness (QED) is 0.936. The molecule has 0 heterocycles. The van der Waals surface area contributed by atoms with Gasteiger partial charge in [0.05, 0.1) is 12.0 Å². The highest BCUT2D eigenvalue weighted by atomic mass is 32.2. The summed E-state index contributed by atoms with van der Waals surface area (Å²) < 4.78 is 28.0. The molecule has 2 aromatic rings. The lowest BCUT2D eigenvalue weighted by molar-refractivity contribution is 0.373. The summed E-state index contributed by atoms with van der Waals surface area (Å²) in [5.41, 5.74) is 1.45. The molecule has 4 nitrogen and oxygen atoms in total. The number of ether oxygens (including phenoxy) is 1. The lowest BCUT2D eigenvalue weighted by Gasteiger charge is -2.07. The molecular weight excluding hydrogens is 264 g/mol. The van der Waals surface area contributed by atoms with Crippen molar-refractivity contribution in [2.24, 2.45) is 0 Å². The normalized spacial score (nSPS) is 11.3. The van der Waals surface area contributed by atoms with Crippen molar-refractivity contribution in [3.8, 4) is 22.6 Å². The van der Waals surface area contributed by atoms with Crippen molar-refractivity contribution < 1.29 is 18.3 Å². The van der Waals surface area contributed by atoms with Crippen LogP contribution in [0.1, 0.15) is 0 Å². The molecule has 0 aliphatic rings. The summed E-state index contributed by atoms with van der Waals surface area (Å²) in [4.78, 5) is 0.250. The van der Waals surface area contributed by atoms with Crippen molar-refractivity contribution in [3.63, 3.8) is 0 Å². The summed E-state index contributed by atoms with van der Waals surface area (Å²) in [7, 11) is -1.77. The molecule has 0 amide bonds. The Labute approximate surface area is 112 Å². The van der Waals surface area contributed by atoms with Crippen molar-refractivity contribution in [1.82, 2.24) is 0 Å². The topological polar surface area (TPSA) is 63.6 Å². The summed E-state index contributed by atoms with van der Waals surface area (Å²) in [5, 5.41) is 9.74. The minimum atomic E-state index is -3.24. The van der Waals surface area contributed by atoms with E-state index in [1.165, 1.54) is 7.11 Å². The van der Waals surface area contributed by atoms with Gasteiger partial charge in [-0.2, -0.15) is 0 Å². The highest BCUT2D eigenvalue weighted by Crippen LogP contribution is 2.31. The van der Waals surface area contributed by atoms with Crippen LogP contribution in [0.15, 0.2) is 47.4 Å². The van der Waals surface area contributed by atoms with Gasteiger partial charge >= 0.3 is 0 Å². The van der Waals surface area contributed by atoms with E-state index >= 15 is 0 Å². The van der Waals surface area contributed by atoms with Crippen LogP contribution in [0.4, 0.5) is 0 Å². The van der Waals surface area contributed by atoms with E-state index in [4.69, 9.17) is 4.74 Å². The standard InChI is InChI=1S/C14H14O4S/c1-18-14-7-6-11(9-13(14)15)10-4-3-5-12(8-10)19(2,16)17/h3-9,15H,1-2H3. The van der Waals surface area contributed by atoms with Gasteiger partial charge in [0, 0.05) is 6.26 Å². The van der Waals surface area contributed by atoms with Crippen LogP contribution in [-0.2, 0) is 9.84 Å². The molecule has 0 saturated heterocycles. The minimum Gasteiger partial charge on any atom is -0.504 e. The zero-order chi connectivity index (χ0) is 14.0. The van der Waals surface area contributed by atoms with E-state index in [1.54, 1.807) is 42.5 Å². The van der Waals surface area contributed by atoms with Gasteiger partial charge in [-0.25, -0.2) is 8.42 Å². The fourth-order valence-electron chi connectivity index (χ4n) is 1.78. The highest BCUT2D eigenvalue weighted by Gasteiger charge is 2.09. The van der Waals surface area contributed by atoms with Gasteiger partial charge in [0.15, 0.2) is 21.3 Å². The molecule has 0 saturated carbocycles. The molecule has 0 bridgehead atoms. The number of methoxy groups -OCH3 is 1. The van der Waals surface area contributed by atoms with Crippen LogP contribution >= 0.6 is 0 Å². The van der Waals surface area contributed by atoms with Gasteiger partial charge in [0.2, 0.25) is 0 Å². The maximum Gasteiger partial charge on any atom is 0.175 e. The van der Waals surface area contributed by atoms with E-state index in [9.17, 15) is 13.5 Å². The fourth-order valence-corrected chi connectivity index (χ4v) is 2.44. The first kappa shape index (κ1) is 13.4. The summed E-state index contributed by atoms with van der Waals surface area (Å²) in [6.07, 6.45) is 1.16. The number of phenols is 1. The monoisotopic (exact) mass is 278 g/mol. The summed E-state index contributed by atoms with van der Waals surface area (Å²) in [5.74, 6) is 0.396. The van der Waals surface area contributed by atoms with E-state index in [1.807, 2.05) is 0 Å². The Hall–Kier alpha value is -2.01. The van der Waals surface area contributed by atoms with Crippen molar-refractivity contribution in [2.75, 3.05) is 13.4 Å². The Bertz CT molecular complexity index is 705. The van der Waals surface area contributed by atoms with Gasteiger partial charge in [0.25, 0.3) is 0 Å². The molecule has 0 radical (unpaired) electrons. The van der Waals surface area contributed by atoms with Crippen molar-refractivity contribution in [1.29, 1.82) is 0 Å². The SMILES string of the molecule is COc1ccc(-c2cccc(S(C)(=O)=O)c2)cc1O. The fraction of sp³-hybridized carbons (Fsp3) is 0.143. The van der Waals surface area contributed by atoms with Crippen LogP contribution in [0.5, 0.6) is 11.5 Å². The molecule has 0 unspecified atom stereocenters. The number of hydrogen-bond acceptors (Lipinski definition) is 4. The van der Waals surface area contributed by atoms with Gasteiger partial charge in [-0.15, -0.1) is 0 Å². The maximum atomic E-state index is 11.5. The minimum absolute atomic E-state index is 0.0183. The van der Waals surface area contributed by atoms with E-state index in [0.29, 0.717) is 5.75 Å². The molecule has 5 heteroatoms. The molecule has 0 aliphatic heterocycles. The highest BCUT2D eigenvalue weighted by molar-refractivity contribution is 7.90. The first-order valence-corrected chi connectivity index (χ1v) is 7.48. The van der Waals surface area contributed by atoms with Crippen LogP contribution in [0.25, 0.3) is 11.1 Å². The van der Waals surface area contributed by atoms with Crippen molar-refractivity contribution in [3.05, 3.63) is 42.5 Å². The maximum absolute atomic E-state index is 11.5. The zero-order valence-electron chi connectivity index (χ0n) is 10.6. The van der Waals surface area contributed by atoms with E-state index in [0.717, 1.165) is 17.4 Å². The van der Waals surface area contributed by atoms with Crippen LogP contribution in [0.2, 0.25) is 0 Å². The average Bonchev–Trinajstić information content (AvgIpc) is 2.38. The summed E-state index contributed by atoms with van der Waals surface area (Å²) >= 11 is 0. The second kappa shape index (κ2) is 4.93. The molecule has 2 aromatic carbocycles. The van der Waals surface area contributed by atoms with Crippen LogP contribution in [0, 0.1) is 0 Å².